The normalized spacial score (nSPS) is 12.4. The summed E-state index contributed by atoms with van der Waals surface area (Å²) in [5.41, 5.74) is 9.15. The molecule has 30 heavy (non-hydrogen) atoms. The zero-order valence-electron chi connectivity index (χ0n) is 19.3. The molecule has 0 radical (unpaired) electrons. The molecule has 0 N–H and O–H groups in total. The second-order valence-corrected chi connectivity index (χ2v) is 10.4. The van der Waals surface area contributed by atoms with Crippen LogP contribution in [-0.2, 0) is 4.43 Å². The van der Waals surface area contributed by atoms with E-state index in [4.69, 9.17) is 4.43 Å². The maximum absolute atomic E-state index is 6.86. The Morgan fingerprint density at radius 2 is 1.13 bits per heavy atom. The van der Waals surface area contributed by atoms with Crippen LogP contribution in [0.15, 0.2) is 60.7 Å². The van der Waals surface area contributed by atoms with Gasteiger partial charge in [0.25, 0.3) is 0 Å². The molecule has 1 unspecified atom stereocenters. The summed E-state index contributed by atoms with van der Waals surface area (Å²) in [5, 5.41) is 2.78. The monoisotopic (exact) mass is 413 g/mol. The molecule has 0 saturated carbocycles. The van der Waals surface area contributed by atoms with E-state index in [-0.39, 0.29) is 6.10 Å². The van der Waals surface area contributed by atoms with Crippen LogP contribution < -0.4 is 10.4 Å². The first-order chi connectivity index (χ1) is 14.3. The molecule has 0 saturated heterocycles. The van der Waals surface area contributed by atoms with Crippen LogP contribution in [0, 0.1) is 41.5 Å². The van der Waals surface area contributed by atoms with Crippen LogP contribution in [0.2, 0.25) is 0 Å². The Labute approximate surface area is 184 Å². The van der Waals surface area contributed by atoms with Crippen LogP contribution in [0.5, 0.6) is 0 Å². The van der Waals surface area contributed by atoms with Gasteiger partial charge in [-0.05, 0) is 54.0 Å². The molecule has 0 heterocycles. The second-order valence-electron chi connectivity index (χ2n) is 8.47. The van der Waals surface area contributed by atoms with Crippen molar-refractivity contribution in [2.45, 2.75) is 54.6 Å². The van der Waals surface area contributed by atoms with Gasteiger partial charge in [-0.25, -0.2) is 0 Å². The molecule has 0 aliphatic rings. The van der Waals surface area contributed by atoms with Crippen LogP contribution in [0.4, 0.5) is 0 Å². The predicted molar refractivity (Wildman–Crippen MR) is 132 cm³/mol. The Bertz CT molecular complexity index is 946. The molecular weight excluding hydrogens is 380 g/mol. The fourth-order valence-electron chi connectivity index (χ4n) is 4.36. The number of hydrogen-bond acceptors (Lipinski definition) is 1. The van der Waals surface area contributed by atoms with Gasteiger partial charge in [-0.3, -0.25) is 0 Å². The molecule has 0 aliphatic carbocycles. The molecular formula is C28H33OSi-. The van der Waals surface area contributed by atoms with Crippen molar-refractivity contribution in [3.05, 3.63) is 99.6 Å². The maximum atomic E-state index is 6.86. The molecule has 0 aromatic heterocycles. The van der Waals surface area contributed by atoms with Crippen LogP contribution in [0.3, 0.4) is 0 Å². The molecule has 0 fully saturated rings. The van der Waals surface area contributed by atoms with E-state index in [1.54, 1.807) is 0 Å². The average molecular weight is 414 g/mol. The molecule has 156 valence electrons. The minimum absolute atomic E-state index is 0.0271. The van der Waals surface area contributed by atoms with E-state index in [1.807, 2.05) is 6.07 Å². The number of hydrogen-bond donors (Lipinski definition) is 0. The van der Waals surface area contributed by atoms with Gasteiger partial charge in [0.1, 0.15) is 0 Å². The highest BCUT2D eigenvalue weighted by Gasteiger charge is 2.13. The number of benzene rings is 3. The van der Waals surface area contributed by atoms with Gasteiger partial charge in [0.05, 0.1) is 0 Å². The summed E-state index contributed by atoms with van der Waals surface area (Å²) in [5.74, 6) is 0. The van der Waals surface area contributed by atoms with Crippen molar-refractivity contribution in [3.63, 3.8) is 0 Å². The predicted octanol–water partition coefficient (Wildman–Crippen LogP) is 5.76. The summed E-state index contributed by atoms with van der Waals surface area (Å²) < 4.78 is 6.86. The highest BCUT2D eigenvalue weighted by Crippen LogP contribution is 2.15. The smallest absolute Gasteiger partial charge is 0.0340 e. The lowest BCUT2D eigenvalue weighted by molar-refractivity contribution is 0.283. The van der Waals surface area contributed by atoms with E-state index in [0.717, 1.165) is 0 Å². The van der Waals surface area contributed by atoms with E-state index in [2.05, 4.69) is 109 Å². The molecule has 0 bridgehead atoms. The highest BCUT2D eigenvalue weighted by atomic mass is 28.3. The Morgan fingerprint density at radius 3 is 1.57 bits per heavy atom. The largest absolute Gasteiger partial charge is 0.554 e. The fourth-order valence-corrected chi connectivity index (χ4v) is 7.01. The summed E-state index contributed by atoms with van der Waals surface area (Å²) in [6.07, 6.45) is 4.37. The van der Waals surface area contributed by atoms with Crippen molar-refractivity contribution in [1.82, 2.24) is 0 Å². The van der Waals surface area contributed by atoms with Crippen LogP contribution in [0.25, 0.3) is 6.08 Å². The van der Waals surface area contributed by atoms with Crippen molar-refractivity contribution in [3.8, 4) is 0 Å². The first-order valence-electron chi connectivity index (χ1n) is 10.7. The lowest BCUT2D eigenvalue weighted by Gasteiger charge is -2.41. The molecule has 0 amide bonds. The van der Waals surface area contributed by atoms with Crippen LogP contribution in [-0.4, -0.2) is 15.1 Å². The second kappa shape index (κ2) is 9.59. The highest BCUT2D eigenvalue weighted by molar-refractivity contribution is 6.81. The van der Waals surface area contributed by atoms with Crippen molar-refractivity contribution >= 4 is 25.5 Å². The molecule has 3 aromatic rings. The van der Waals surface area contributed by atoms with E-state index >= 15 is 0 Å². The summed E-state index contributed by atoms with van der Waals surface area (Å²) in [7, 11) is -1.41. The Balaban J connectivity index is 2.04. The van der Waals surface area contributed by atoms with Crippen molar-refractivity contribution in [2.24, 2.45) is 0 Å². The third kappa shape index (κ3) is 5.19. The van der Waals surface area contributed by atoms with E-state index in [9.17, 15) is 0 Å². The van der Waals surface area contributed by atoms with Gasteiger partial charge in [-0.2, -0.15) is 10.4 Å². The molecule has 1 atom stereocenters. The first-order valence-corrected chi connectivity index (χ1v) is 12.1. The molecule has 3 aromatic carbocycles. The maximum Gasteiger partial charge on any atom is 0.0340 e. The Hall–Kier alpha value is -2.42. The lowest BCUT2D eigenvalue weighted by Crippen LogP contribution is -2.51. The van der Waals surface area contributed by atoms with E-state index < -0.39 is 9.04 Å². The average Bonchev–Trinajstić information content (AvgIpc) is 2.65. The number of rotatable bonds is 6. The van der Waals surface area contributed by atoms with E-state index in [1.165, 1.54) is 49.3 Å². The van der Waals surface area contributed by atoms with Gasteiger partial charge in [0.2, 0.25) is 0 Å². The molecule has 1 nitrogen and oxygen atoms in total. The zero-order chi connectivity index (χ0) is 21.8. The van der Waals surface area contributed by atoms with Crippen LogP contribution in [0.1, 0.15) is 45.9 Å². The third-order valence-electron chi connectivity index (χ3n) is 5.47. The Morgan fingerprint density at radius 1 is 0.700 bits per heavy atom. The lowest BCUT2D eigenvalue weighted by atomic mass is 10.1. The van der Waals surface area contributed by atoms with E-state index in [0.29, 0.717) is 0 Å². The summed E-state index contributed by atoms with van der Waals surface area (Å²) in [6.45, 7) is 15.4. The van der Waals surface area contributed by atoms with Crippen molar-refractivity contribution < 1.29 is 4.43 Å². The molecule has 0 spiro atoms. The van der Waals surface area contributed by atoms with Crippen molar-refractivity contribution in [2.75, 3.05) is 0 Å². The molecule has 2 heteroatoms. The van der Waals surface area contributed by atoms with Gasteiger partial charge < -0.3 is 4.43 Å². The van der Waals surface area contributed by atoms with Gasteiger partial charge >= 0.3 is 0 Å². The van der Waals surface area contributed by atoms with Crippen molar-refractivity contribution in [1.29, 1.82) is 0 Å². The van der Waals surface area contributed by atoms with Gasteiger partial charge in [-0.1, -0.05) is 100 Å². The topological polar surface area (TPSA) is 9.23 Å². The molecule has 0 aliphatic heterocycles. The van der Waals surface area contributed by atoms with Gasteiger partial charge in [0.15, 0.2) is 0 Å². The summed E-state index contributed by atoms with van der Waals surface area (Å²) in [4.78, 5) is 0. The summed E-state index contributed by atoms with van der Waals surface area (Å²) >= 11 is 0. The zero-order valence-corrected chi connectivity index (χ0v) is 20.3. The third-order valence-corrected chi connectivity index (χ3v) is 8.56. The Kier molecular flexibility index (Phi) is 7.12. The molecule has 3 rings (SSSR count). The van der Waals surface area contributed by atoms with Gasteiger partial charge in [0, 0.05) is 6.10 Å². The SMILES string of the molecule is Cc1cc(C)c([Si-](OC(C)/C=C/c2ccccc2)c2c(C)cc(C)cc2C)c(C)c1. The van der Waals surface area contributed by atoms with Crippen LogP contribution >= 0.6 is 0 Å². The number of aryl methyl sites for hydroxylation is 6. The fraction of sp³-hybridized carbons (Fsp3) is 0.286. The standard InChI is InChI=1S/C28H33OSi/c1-19-15-21(3)27(22(4)16-19)30(28-23(5)17-20(2)18-24(28)6)29-25(7)13-14-26-11-9-8-10-12-26/h8-18,25H,1-7H3/q-1/b14-13+. The minimum Gasteiger partial charge on any atom is -0.554 e. The summed E-state index contributed by atoms with van der Waals surface area (Å²) in [6, 6.07) is 19.6. The van der Waals surface area contributed by atoms with Gasteiger partial charge in [-0.15, -0.1) is 9.04 Å². The first kappa shape index (κ1) is 22.3. The minimum atomic E-state index is -1.41. The quantitative estimate of drug-likeness (QED) is 0.467.